The van der Waals surface area contributed by atoms with E-state index in [4.69, 9.17) is 16.3 Å². The van der Waals surface area contributed by atoms with E-state index in [1.165, 1.54) is 0 Å². The van der Waals surface area contributed by atoms with Crippen LogP contribution in [0.25, 0.3) is 0 Å². The molecule has 1 atom stereocenters. The molecule has 0 N–H and O–H groups in total. The summed E-state index contributed by atoms with van der Waals surface area (Å²) in [6.45, 7) is 9.86. The number of halogens is 1. The fourth-order valence-corrected chi connectivity index (χ4v) is 1.55. The maximum absolute atomic E-state index is 6.09. The molecule has 0 aromatic carbocycles. The molecule has 1 rings (SSSR count). The molecule has 0 unspecified atom stereocenters. The summed E-state index contributed by atoms with van der Waals surface area (Å²) in [7, 11) is 0. The van der Waals surface area contributed by atoms with E-state index < -0.39 is 0 Å². The Hall–Kier alpha value is -0.540. The first-order valence-corrected chi connectivity index (χ1v) is 6.24. The van der Waals surface area contributed by atoms with Crippen LogP contribution in [0.5, 0.6) is 0 Å². The first-order valence-electron chi connectivity index (χ1n) is 5.86. The van der Waals surface area contributed by atoms with Crippen molar-refractivity contribution in [1.82, 2.24) is 9.78 Å². The number of ether oxygens (including phenoxy) is 1. The van der Waals surface area contributed by atoms with Gasteiger partial charge in [0.25, 0.3) is 0 Å². The molecule has 0 saturated carbocycles. The maximum Gasteiger partial charge on any atom is 0.107 e. The average Bonchev–Trinajstić information content (AvgIpc) is 2.54. The summed E-state index contributed by atoms with van der Waals surface area (Å²) in [5.74, 6) is 0.569. The predicted octanol–water partition coefficient (Wildman–Crippen LogP) is 3.51. The molecule has 0 aliphatic carbocycles. The Labute approximate surface area is 103 Å². The molecule has 0 aliphatic rings. The Morgan fingerprint density at radius 1 is 1.44 bits per heavy atom. The van der Waals surface area contributed by atoms with Gasteiger partial charge in [0, 0.05) is 12.7 Å². The lowest BCUT2D eigenvalue weighted by Gasteiger charge is -2.08. The molecule has 3 nitrogen and oxygen atoms in total. The van der Waals surface area contributed by atoms with Crippen molar-refractivity contribution in [2.24, 2.45) is 5.92 Å². The van der Waals surface area contributed by atoms with Crippen molar-refractivity contribution in [3.05, 3.63) is 16.9 Å². The van der Waals surface area contributed by atoms with Crippen LogP contribution in [0.15, 0.2) is 6.20 Å². The SMILES string of the molecule is CC[C@H](C)OCc1nn(CC(C)C)cc1Cl. The molecular weight excluding hydrogens is 224 g/mol. The average molecular weight is 245 g/mol. The van der Waals surface area contributed by atoms with Gasteiger partial charge in [-0.15, -0.1) is 0 Å². The zero-order valence-corrected chi connectivity index (χ0v) is 11.3. The first-order chi connectivity index (χ1) is 7.52. The standard InChI is InChI=1S/C12H21ClN2O/c1-5-10(4)16-8-12-11(13)7-15(14-12)6-9(2)3/h7,9-10H,5-6,8H2,1-4H3/t10-/m0/s1. The molecule has 16 heavy (non-hydrogen) atoms. The minimum atomic E-state index is 0.256. The Balaban J connectivity index is 2.56. The molecule has 1 heterocycles. The van der Waals surface area contributed by atoms with Crippen LogP contribution in [-0.2, 0) is 17.9 Å². The van der Waals surface area contributed by atoms with E-state index >= 15 is 0 Å². The quantitative estimate of drug-likeness (QED) is 0.766. The molecule has 0 radical (unpaired) electrons. The minimum Gasteiger partial charge on any atom is -0.372 e. The third kappa shape index (κ3) is 4.14. The van der Waals surface area contributed by atoms with E-state index in [2.05, 4.69) is 32.8 Å². The monoisotopic (exact) mass is 244 g/mol. The van der Waals surface area contributed by atoms with Crippen molar-refractivity contribution in [3.63, 3.8) is 0 Å². The van der Waals surface area contributed by atoms with Gasteiger partial charge < -0.3 is 4.74 Å². The van der Waals surface area contributed by atoms with Gasteiger partial charge >= 0.3 is 0 Å². The number of hydrogen-bond donors (Lipinski definition) is 0. The van der Waals surface area contributed by atoms with Gasteiger partial charge in [0.05, 0.1) is 17.7 Å². The zero-order chi connectivity index (χ0) is 12.1. The minimum absolute atomic E-state index is 0.256. The highest BCUT2D eigenvalue weighted by Crippen LogP contribution is 2.16. The summed E-state index contributed by atoms with van der Waals surface area (Å²) in [6.07, 6.45) is 3.13. The number of aromatic nitrogens is 2. The lowest BCUT2D eigenvalue weighted by atomic mass is 10.2. The van der Waals surface area contributed by atoms with Crippen molar-refractivity contribution in [2.45, 2.75) is 53.4 Å². The Kier molecular flexibility index (Phi) is 5.29. The zero-order valence-electron chi connectivity index (χ0n) is 10.5. The van der Waals surface area contributed by atoms with Crippen molar-refractivity contribution in [1.29, 1.82) is 0 Å². The third-order valence-electron chi connectivity index (χ3n) is 2.42. The van der Waals surface area contributed by atoms with Gasteiger partial charge in [-0.1, -0.05) is 32.4 Å². The second kappa shape index (κ2) is 6.26. The Morgan fingerprint density at radius 2 is 2.12 bits per heavy atom. The van der Waals surface area contributed by atoms with Crippen LogP contribution in [0.1, 0.15) is 39.8 Å². The van der Waals surface area contributed by atoms with Crippen molar-refractivity contribution in [2.75, 3.05) is 0 Å². The van der Waals surface area contributed by atoms with E-state index in [9.17, 15) is 0 Å². The third-order valence-corrected chi connectivity index (χ3v) is 2.73. The maximum atomic E-state index is 6.09. The topological polar surface area (TPSA) is 27.1 Å². The van der Waals surface area contributed by atoms with Gasteiger partial charge in [-0.3, -0.25) is 4.68 Å². The molecule has 0 saturated heterocycles. The van der Waals surface area contributed by atoms with Gasteiger partial charge in [-0.2, -0.15) is 5.10 Å². The van der Waals surface area contributed by atoms with Gasteiger partial charge in [0.15, 0.2) is 0 Å². The molecule has 0 amide bonds. The fourth-order valence-electron chi connectivity index (χ4n) is 1.34. The summed E-state index contributed by atoms with van der Waals surface area (Å²) in [5, 5.41) is 5.11. The van der Waals surface area contributed by atoms with E-state index in [1.54, 1.807) is 0 Å². The van der Waals surface area contributed by atoms with Crippen LogP contribution in [0.3, 0.4) is 0 Å². The molecule has 1 aromatic rings. The van der Waals surface area contributed by atoms with Crippen LogP contribution >= 0.6 is 11.6 Å². The Morgan fingerprint density at radius 3 is 2.69 bits per heavy atom. The van der Waals surface area contributed by atoms with Crippen LogP contribution < -0.4 is 0 Å². The first kappa shape index (κ1) is 13.5. The van der Waals surface area contributed by atoms with E-state index in [0.29, 0.717) is 17.5 Å². The van der Waals surface area contributed by atoms with Gasteiger partial charge in [-0.25, -0.2) is 0 Å². The highest BCUT2D eigenvalue weighted by Gasteiger charge is 2.09. The van der Waals surface area contributed by atoms with E-state index in [-0.39, 0.29) is 6.10 Å². The molecule has 0 fully saturated rings. The summed E-state index contributed by atoms with van der Waals surface area (Å²) in [4.78, 5) is 0. The number of nitrogens with zero attached hydrogens (tertiary/aromatic N) is 2. The lowest BCUT2D eigenvalue weighted by Crippen LogP contribution is -2.08. The summed E-state index contributed by atoms with van der Waals surface area (Å²) in [6, 6.07) is 0. The lowest BCUT2D eigenvalue weighted by molar-refractivity contribution is 0.0486. The van der Waals surface area contributed by atoms with E-state index in [0.717, 1.165) is 18.7 Å². The normalized spacial score (nSPS) is 13.4. The Bertz CT molecular complexity index is 323. The predicted molar refractivity (Wildman–Crippen MR) is 66.6 cm³/mol. The van der Waals surface area contributed by atoms with Gasteiger partial charge in [0.2, 0.25) is 0 Å². The van der Waals surface area contributed by atoms with Gasteiger partial charge in [0.1, 0.15) is 5.69 Å². The largest absolute Gasteiger partial charge is 0.372 e. The molecule has 0 bridgehead atoms. The summed E-state index contributed by atoms with van der Waals surface area (Å²) in [5.41, 5.74) is 0.836. The summed E-state index contributed by atoms with van der Waals surface area (Å²) >= 11 is 6.09. The smallest absolute Gasteiger partial charge is 0.107 e. The molecule has 0 spiro atoms. The highest BCUT2D eigenvalue weighted by molar-refractivity contribution is 6.31. The van der Waals surface area contributed by atoms with Gasteiger partial charge in [-0.05, 0) is 19.3 Å². The molecule has 1 aromatic heterocycles. The van der Waals surface area contributed by atoms with Crippen LogP contribution in [-0.4, -0.2) is 15.9 Å². The number of hydrogen-bond acceptors (Lipinski definition) is 2. The van der Waals surface area contributed by atoms with Crippen molar-refractivity contribution < 1.29 is 4.74 Å². The number of rotatable bonds is 6. The molecule has 0 aliphatic heterocycles. The fraction of sp³-hybridized carbons (Fsp3) is 0.750. The van der Waals surface area contributed by atoms with Crippen molar-refractivity contribution >= 4 is 11.6 Å². The summed E-state index contributed by atoms with van der Waals surface area (Å²) < 4.78 is 7.51. The molecular formula is C12H21ClN2O. The van der Waals surface area contributed by atoms with Crippen LogP contribution in [0.2, 0.25) is 5.02 Å². The van der Waals surface area contributed by atoms with Crippen molar-refractivity contribution in [3.8, 4) is 0 Å². The molecule has 4 heteroatoms. The second-order valence-corrected chi connectivity index (χ2v) is 4.98. The van der Waals surface area contributed by atoms with Crippen LogP contribution in [0, 0.1) is 5.92 Å². The van der Waals surface area contributed by atoms with Crippen LogP contribution in [0.4, 0.5) is 0 Å². The molecule has 92 valence electrons. The second-order valence-electron chi connectivity index (χ2n) is 4.57. The van der Waals surface area contributed by atoms with E-state index in [1.807, 2.05) is 10.9 Å². The highest BCUT2D eigenvalue weighted by atomic mass is 35.5.